The van der Waals surface area contributed by atoms with Crippen LogP contribution in [0.1, 0.15) is 56.5 Å². The summed E-state index contributed by atoms with van der Waals surface area (Å²) >= 11 is 1.54. The molecule has 2 aliphatic heterocycles. The summed E-state index contributed by atoms with van der Waals surface area (Å²) < 4.78 is 22.5. The molecule has 2 amide bonds. The number of halogens is 1. The Morgan fingerprint density at radius 1 is 1.17 bits per heavy atom. The zero-order valence-corrected chi connectivity index (χ0v) is 23.6. The molecule has 218 valence electrons. The van der Waals surface area contributed by atoms with Crippen molar-refractivity contribution in [3.05, 3.63) is 57.8 Å². The highest BCUT2D eigenvalue weighted by atomic mass is 32.1. The van der Waals surface area contributed by atoms with Gasteiger partial charge in [0, 0.05) is 42.7 Å². The van der Waals surface area contributed by atoms with Crippen LogP contribution in [0, 0.1) is 5.82 Å². The molecule has 1 saturated carbocycles. The number of ether oxygens (including phenoxy) is 1. The zero-order chi connectivity index (χ0) is 29.0. The van der Waals surface area contributed by atoms with Gasteiger partial charge in [-0.05, 0) is 55.9 Å². The Morgan fingerprint density at radius 3 is 2.71 bits per heavy atom. The number of aromatic nitrogens is 3. The van der Waals surface area contributed by atoms with E-state index in [1.54, 1.807) is 21.9 Å². The van der Waals surface area contributed by atoms with Crippen LogP contribution in [-0.4, -0.2) is 64.7 Å². The summed E-state index contributed by atoms with van der Waals surface area (Å²) in [6.45, 7) is 2.87. The standard InChI is InChI=1S/C29H31FN8O3S/c30-20-8-16(5-6-19(20)28(32)39)21-9-22(25-27(31)34-14-35-38(21)25)37-7-1-2-17(13-37)36-29(40)26-23(41-18-11-33-12-18)10-24(42-26)15-3-4-15/h5-6,8-10,14-15,17-18,33H,1-4,7,11-13H2,(H2,32,39)(H,36,40)(H2,31,34,35)/t17-/m1/s1. The molecule has 3 aromatic heterocycles. The molecule has 13 heteroatoms. The highest BCUT2D eigenvalue weighted by Crippen LogP contribution is 2.46. The van der Waals surface area contributed by atoms with Gasteiger partial charge in [0.05, 0.1) is 16.9 Å². The van der Waals surface area contributed by atoms with Crippen LogP contribution in [0.3, 0.4) is 0 Å². The maximum Gasteiger partial charge on any atom is 0.265 e. The second kappa shape index (κ2) is 10.6. The minimum Gasteiger partial charge on any atom is -0.486 e. The molecule has 2 saturated heterocycles. The summed E-state index contributed by atoms with van der Waals surface area (Å²) in [7, 11) is 0. The van der Waals surface area contributed by atoms with Gasteiger partial charge in [-0.3, -0.25) is 9.59 Å². The number of amides is 2. The second-order valence-electron chi connectivity index (χ2n) is 11.2. The van der Waals surface area contributed by atoms with Gasteiger partial charge in [0.25, 0.3) is 11.8 Å². The van der Waals surface area contributed by atoms with Crippen molar-refractivity contribution in [2.75, 3.05) is 36.8 Å². The topological polar surface area (TPSA) is 153 Å². The number of benzene rings is 1. The molecule has 7 rings (SSSR count). The minimum atomic E-state index is -0.835. The number of nitrogens with zero attached hydrogens (tertiary/aromatic N) is 4. The average molecular weight is 591 g/mol. The fourth-order valence-electron chi connectivity index (χ4n) is 5.67. The molecule has 0 spiro atoms. The van der Waals surface area contributed by atoms with E-state index in [4.69, 9.17) is 16.2 Å². The van der Waals surface area contributed by atoms with Crippen molar-refractivity contribution >= 4 is 40.2 Å². The lowest BCUT2D eigenvalue weighted by molar-refractivity contribution is 0.0923. The van der Waals surface area contributed by atoms with E-state index < -0.39 is 11.7 Å². The fraction of sp³-hybridized carbons (Fsp3) is 0.379. The number of piperidine rings is 1. The Balaban J connectivity index is 1.15. The molecule has 3 fully saturated rings. The summed E-state index contributed by atoms with van der Waals surface area (Å²) in [6.07, 6.45) is 5.43. The summed E-state index contributed by atoms with van der Waals surface area (Å²) in [5, 5.41) is 10.9. The minimum absolute atomic E-state index is 0.0915. The first-order valence-corrected chi connectivity index (χ1v) is 15.0. The summed E-state index contributed by atoms with van der Waals surface area (Å²) in [5.41, 5.74) is 13.9. The number of thiophene rings is 1. The smallest absolute Gasteiger partial charge is 0.265 e. The van der Waals surface area contributed by atoms with Gasteiger partial charge in [-0.2, -0.15) is 5.10 Å². The molecule has 0 unspecified atom stereocenters. The summed E-state index contributed by atoms with van der Waals surface area (Å²) in [4.78, 5) is 33.3. The lowest BCUT2D eigenvalue weighted by atomic mass is 10.0. The van der Waals surface area contributed by atoms with Crippen LogP contribution in [0.5, 0.6) is 5.75 Å². The zero-order valence-electron chi connectivity index (χ0n) is 22.8. The number of fused-ring (bicyclic) bond motifs is 1. The first-order chi connectivity index (χ1) is 20.4. The largest absolute Gasteiger partial charge is 0.486 e. The normalized spacial score (nSPS) is 19.1. The van der Waals surface area contributed by atoms with Gasteiger partial charge in [0.1, 0.15) is 34.4 Å². The Labute approximate surface area is 245 Å². The molecule has 6 N–H and O–H groups in total. The molecular formula is C29H31FN8O3S. The highest BCUT2D eigenvalue weighted by molar-refractivity contribution is 7.14. The molecule has 5 heterocycles. The summed E-state index contributed by atoms with van der Waals surface area (Å²) in [5.74, 6) is -0.163. The van der Waals surface area contributed by atoms with Crippen molar-refractivity contribution in [1.82, 2.24) is 25.2 Å². The van der Waals surface area contributed by atoms with Crippen molar-refractivity contribution in [2.45, 2.75) is 43.7 Å². The van der Waals surface area contributed by atoms with E-state index in [-0.39, 0.29) is 29.4 Å². The second-order valence-corrected chi connectivity index (χ2v) is 12.2. The van der Waals surface area contributed by atoms with Crippen molar-refractivity contribution in [2.24, 2.45) is 5.73 Å². The van der Waals surface area contributed by atoms with Gasteiger partial charge in [-0.25, -0.2) is 13.9 Å². The van der Waals surface area contributed by atoms with Crippen LogP contribution in [0.4, 0.5) is 15.9 Å². The fourth-order valence-corrected chi connectivity index (χ4v) is 6.83. The first kappa shape index (κ1) is 26.7. The molecule has 0 radical (unpaired) electrons. The maximum absolute atomic E-state index is 14.7. The van der Waals surface area contributed by atoms with Crippen molar-refractivity contribution in [1.29, 1.82) is 0 Å². The number of hydrogen-bond donors (Lipinski definition) is 4. The van der Waals surface area contributed by atoms with Crippen LogP contribution in [-0.2, 0) is 0 Å². The van der Waals surface area contributed by atoms with E-state index in [0.717, 1.165) is 51.0 Å². The molecule has 3 aliphatic rings. The monoisotopic (exact) mass is 590 g/mol. The van der Waals surface area contributed by atoms with Crippen LogP contribution in [0.15, 0.2) is 36.7 Å². The SMILES string of the molecule is NC(=O)c1ccc(-c2cc(N3CCC[C@@H](NC(=O)c4sc(C5CC5)cc4OC4CNC4)C3)c3c(N)ncnn23)cc1F. The van der Waals surface area contributed by atoms with Gasteiger partial charge in [0.2, 0.25) is 0 Å². The number of hydrogen-bond acceptors (Lipinski definition) is 9. The van der Waals surface area contributed by atoms with E-state index in [2.05, 4.69) is 31.7 Å². The molecule has 4 aromatic rings. The Kier molecular flexibility index (Phi) is 6.70. The number of nitrogen functional groups attached to an aromatic ring is 1. The summed E-state index contributed by atoms with van der Waals surface area (Å²) in [6, 6.07) is 8.10. The van der Waals surface area contributed by atoms with Gasteiger partial charge in [-0.15, -0.1) is 11.3 Å². The Morgan fingerprint density at radius 2 is 2.00 bits per heavy atom. The van der Waals surface area contributed by atoms with Gasteiger partial charge >= 0.3 is 0 Å². The molecule has 42 heavy (non-hydrogen) atoms. The van der Waals surface area contributed by atoms with Gasteiger partial charge < -0.3 is 31.7 Å². The molecular weight excluding hydrogens is 559 g/mol. The van der Waals surface area contributed by atoms with E-state index >= 15 is 0 Å². The molecule has 1 aromatic carbocycles. The first-order valence-electron chi connectivity index (χ1n) is 14.1. The quantitative estimate of drug-likeness (QED) is 0.244. The predicted molar refractivity (Wildman–Crippen MR) is 158 cm³/mol. The average Bonchev–Trinajstić information content (AvgIpc) is 3.58. The number of carbonyl (C=O) groups excluding carboxylic acids is 2. The predicted octanol–water partition coefficient (Wildman–Crippen LogP) is 2.90. The maximum atomic E-state index is 14.7. The van der Waals surface area contributed by atoms with E-state index in [0.29, 0.717) is 39.9 Å². The number of primary amides is 1. The van der Waals surface area contributed by atoms with E-state index in [1.165, 1.54) is 23.3 Å². The van der Waals surface area contributed by atoms with Gasteiger partial charge in [0.15, 0.2) is 5.82 Å². The molecule has 1 atom stereocenters. The van der Waals surface area contributed by atoms with Crippen molar-refractivity contribution in [3.63, 3.8) is 0 Å². The third kappa shape index (κ3) is 4.92. The lowest BCUT2D eigenvalue weighted by Crippen LogP contribution is -2.50. The van der Waals surface area contributed by atoms with Gasteiger partial charge in [-0.1, -0.05) is 6.07 Å². The van der Waals surface area contributed by atoms with Crippen LogP contribution in [0.25, 0.3) is 16.8 Å². The van der Waals surface area contributed by atoms with Crippen molar-refractivity contribution in [3.8, 4) is 17.0 Å². The molecule has 1 aliphatic carbocycles. The number of rotatable bonds is 8. The Bertz CT molecular complexity index is 1700. The third-order valence-electron chi connectivity index (χ3n) is 8.13. The number of nitrogens with one attached hydrogen (secondary N) is 2. The number of anilines is 2. The van der Waals surface area contributed by atoms with Crippen molar-refractivity contribution < 1.29 is 18.7 Å². The molecule has 11 nitrogen and oxygen atoms in total. The molecule has 0 bridgehead atoms. The number of nitrogens with two attached hydrogens (primary N) is 2. The van der Waals surface area contributed by atoms with Crippen LogP contribution < -0.4 is 31.7 Å². The lowest BCUT2D eigenvalue weighted by Gasteiger charge is -2.34. The van der Waals surface area contributed by atoms with Crippen LogP contribution in [0.2, 0.25) is 0 Å². The number of carbonyl (C=O) groups is 2. The van der Waals surface area contributed by atoms with Crippen LogP contribution >= 0.6 is 11.3 Å². The Hall–Kier alpha value is -4.23. The van der Waals surface area contributed by atoms with E-state index in [1.807, 2.05) is 6.07 Å². The third-order valence-corrected chi connectivity index (χ3v) is 9.41. The highest BCUT2D eigenvalue weighted by Gasteiger charge is 2.32. The van der Waals surface area contributed by atoms with E-state index in [9.17, 15) is 14.0 Å².